The molecule has 0 saturated carbocycles. The van der Waals surface area contributed by atoms with Crippen LogP contribution in [0.3, 0.4) is 0 Å². The Balaban J connectivity index is 1.51. The van der Waals surface area contributed by atoms with Crippen LogP contribution in [0.4, 0.5) is 20.7 Å². The van der Waals surface area contributed by atoms with Crippen molar-refractivity contribution in [3.63, 3.8) is 0 Å². The fraction of sp³-hybridized carbons (Fsp3) is 0.0800. The van der Waals surface area contributed by atoms with E-state index in [4.69, 9.17) is 5.73 Å². The minimum absolute atomic E-state index is 0.122. The van der Waals surface area contributed by atoms with E-state index in [9.17, 15) is 9.18 Å². The molecule has 4 aromatic rings. The van der Waals surface area contributed by atoms with Crippen molar-refractivity contribution < 1.29 is 9.18 Å². The Bertz CT molecular complexity index is 1450. The first-order chi connectivity index (χ1) is 16.0. The third-order valence-corrected chi connectivity index (χ3v) is 5.55. The maximum atomic E-state index is 14.1. The number of aryl methyl sites for hydroxylation is 1. The Morgan fingerprint density at radius 1 is 1.12 bits per heavy atom. The zero-order valence-corrected chi connectivity index (χ0v) is 17.8. The summed E-state index contributed by atoms with van der Waals surface area (Å²) in [5.74, 6) is -0.0918. The molecule has 5 rings (SSSR count). The lowest BCUT2D eigenvalue weighted by atomic mass is 9.93. The molecule has 0 spiro atoms. The topological polar surface area (TPSA) is 109 Å². The van der Waals surface area contributed by atoms with Crippen LogP contribution in [0.1, 0.15) is 22.3 Å². The van der Waals surface area contributed by atoms with Gasteiger partial charge in [-0.2, -0.15) is 5.10 Å². The van der Waals surface area contributed by atoms with Gasteiger partial charge in [-0.3, -0.25) is 10.1 Å². The van der Waals surface area contributed by atoms with E-state index in [2.05, 4.69) is 25.8 Å². The van der Waals surface area contributed by atoms with Crippen molar-refractivity contribution in [2.24, 2.45) is 0 Å². The maximum Gasteiger partial charge on any atom is 0.323 e. The highest BCUT2D eigenvalue weighted by Crippen LogP contribution is 2.31. The van der Waals surface area contributed by atoms with Crippen molar-refractivity contribution in [1.82, 2.24) is 20.5 Å². The Hall–Kier alpha value is -4.46. The normalized spacial score (nSPS) is 13.0. The van der Waals surface area contributed by atoms with Gasteiger partial charge in [0.05, 0.1) is 22.8 Å². The summed E-state index contributed by atoms with van der Waals surface area (Å²) in [5, 5.41) is 13.2. The smallest absolute Gasteiger partial charge is 0.323 e. The molecule has 0 atom stereocenters. The number of H-pyrrole nitrogens is 1. The first kappa shape index (κ1) is 20.4. The molecule has 2 aromatic carbocycles. The first-order valence-electron chi connectivity index (χ1n) is 10.4. The predicted molar refractivity (Wildman–Crippen MR) is 128 cm³/mol. The van der Waals surface area contributed by atoms with Gasteiger partial charge in [0, 0.05) is 17.5 Å². The van der Waals surface area contributed by atoms with Crippen LogP contribution in [0, 0.1) is 12.7 Å². The van der Waals surface area contributed by atoms with E-state index in [1.165, 1.54) is 6.07 Å². The van der Waals surface area contributed by atoms with Crippen LogP contribution in [0.5, 0.6) is 0 Å². The Kier molecular flexibility index (Phi) is 5.10. The van der Waals surface area contributed by atoms with E-state index in [0.717, 1.165) is 38.7 Å². The number of hydrogen-bond acceptors (Lipinski definition) is 4. The number of fused-ring (bicyclic) bond motifs is 3. The summed E-state index contributed by atoms with van der Waals surface area (Å²) in [7, 11) is 0. The summed E-state index contributed by atoms with van der Waals surface area (Å²) >= 11 is 0. The zero-order valence-electron chi connectivity index (χ0n) is 17.8. The second-order valence-electron chi connectivity index (χ2n) is 7.93. The second-order valence-corrected chi connectivity index (χ2v) is 7.93. The monoisotopic (exact) mass is 440 g/mol. The van der Waals surface area contributed by atoms with Gasteiger partial charge < -0.3 is 16.4 Å². The third-order valence-electron chi connectivity index (χ3n) is 5.55. The van der Waals surface area contributed by atoms with Crippen molar-refractivity contribution in [2.75, 3.05) is 11.1 Å². The van der Waals surface area contributed by atoms with Gasteiger partial charge >= 0.3 is 6.03 Å². The van der Waals surface area contributed by atoms with E-state index < -0.39 is 11.8 Å². The van der Waals surface area contributed by atoms with Crippen LogP contribution in [-0.2, 0) is 6.42 Å². The van der Waals surface area contributed by atoms with Crippen molar-refractivity contribution in [2.45, 2.75) is 13.3 Å². The lowest BCUT2D eigenvalue weighted by molar-refractivity contribution is 0.255. The SMILES string of the molecule is Cc1ccc(F)c(NC(=O)NC2=CC=C(c3cncc4[nH]nc(N)c34)Cc3cccc2c3)c1. The third kappa shape index (κ3) is 4.06. The number of rotatable bonds is 3. The minimum Gasteiger partial charge on any atom is -0.382 e. The molecule has 5 N–H and O–H groups in total. The molecule has 8 heteroatoms. The number of amides is 2. The average molecular weight is 440 g/mol. The van der Waals surface area contributed by atoms with Crippen molar-refractivity contribution in [3.05, 3.63) is 95.1 Å². The molecule has 164 valence electrons. The molecule has 1 aliphatic rings. The van der Waals surface area contributed by atoms with Crippen molar-refractivity contribution >= 4 is 39.7 Å². The maximum absolute atomic E-state index is 14.1. The zero-order chi connectivity index (χ0) is 22.9. The molecular weight excluding hydrogens is 419 g/mol. The number of allylic oxidation sites excluding steroid dienone is 3. The molecule has 0 saturated heterocycles. The number of halogens is 1. The second kappa shape index (κ2) is 8.23. The largest absolute Gasteiger partial charge is 0.382 e. The molecule has 0 unspecified atom stereocenters. The fourth-order valence-electron chi connectivity index (χ4n) is 3.96. The number of nitrogens with zero attached hydrogens (tertiary/aromatic N) is 2. The number of pyridine rings is 1. The molecule has 0 radical (unpaired) electrons. The molecule has 2 aromatic heterocycles. The quantitative estimate of drug-likeness (QED) is 0.367. The van der Waals surface area contributed by atoms with Crippen molar-refractivity contribution in [3.8, 4) is 0 Å². The first-order valence-corrected chi connectivity index (χ1v) is 10.4. The number of carbonyl (C=O) groups excluding carboxylic acids is 1. The molecule has 0 fully saturated rings. The number of hydrogen-bond donors (Lipinski definition) is 4. The average Bonchev–Trinajstić information content (AvgIpc) is 3.18. The van der Waals surface area contributed by atoms with Gasteiger partial charge in [-0.1, -0.05) is 30.3 Å². The van der Waals surface area contributed by atoms with Crippen molar-refractivity contribution in [1.29, 1.82) is 0 Å². The number of anilines is 2. The highest BCUT2D eigenvalue weighted by molar-refractivity contribution is 5.99. The number of aromatic amines is 1. The number of nitrogens with two attached hydrogens (primary N) is 1. The van der Waals surface area contributed by atoms with Gasteiger partial charge in [-0.05, 0) is 59.9 Å². The number of nitrogen functional groups attached to an aromatic ring is 1. The lowest BCUT2D eigenvalue weighted by Crippen LogP contribution is -2.28. The van der Waals surface area contributed by atoms with E-state index in [-0.39, 0.29) is 5.69 Å². The fourth-order valence-corrected chi connectivity index (χ4v) is 3.96. The van der Waals surface area contributed by atoms with Crippen LogP contribution in [-0.4, -0.2) is 21.2 Å². The molecule has 0 aliphatic heterocycles. The molecular formula is C25H21FN6O. The van der Waals surface area contributed by atoms with E-state index in [1.807, 2.05) is 43.3 Å². The summed E-state index contributed by atoms with van der Waals surface area (Å²) in [6.07, 6.45) is 7.87. The van der Waals surface area contributed by atoms with Crippen LogP contribution < -0.4 is 16.4 Å². The van der Waals surface area contributed by atoms with E-state index in [0.29, 0.717) is 17.9 Å². The number of urea groups is 1. The summed E-state index contributed by atoms with van der Waals surface area (Å²) in [5.41, 5.74) is 12.2. The predicted octanol–water partition coefficient (Wildman–Crippen LogP) is 4.79. The lowest BCUT2D eigenvalue weighted by Gasteiger charge is -2.16. The Morgan fingerprint density at radius 2 is 2.00 bits per heavy atom. The van der Waals surface area contributed by atoms with Crippen LogP contribution in [0.25, 0.3) is 22.2 Å². The highest BCUT2D eigenvalue weighted by atomic mass is 19.1. The molecule has 33 heavy (non-hydrogen) atoms. The van der Waals surface area contributed by atoms with Gasteiger partial charge in [0.25, 0.3) is 0 Å². The number of benzene rings is 2. The van der Waals surface area contributed by atoms with Gasteiger partial charge in [0.15, 0.2) is 5.82 Å². The van der Waals surface area contributed by atoms with Crippen LogP contribution in [0.15, 0.2) is 67.0 Å². The summed E-state index contributed by atoms with van der Waals surface area (Å²) in [6.45, 7) is 1.83. The van der Waals surface area contributed by atoms with Gasteiger partial charge in [0.2, 0.25) is 0 Å². The van der Waals surface area contributed by atoms with Gasteiger partial charge in [-0.15, -0.1) is 0 Å². The molecule has 2 heterocycles. The standard InChI is InChI=1S/C25H21FN6O/c1-14-5-7-19(26)21(9-14)30-25(33)29-20-8-6-16(10-15-3-2-4-17(20)11-15)18-12-28-13-22-23(18)24(27)32-31-22/h2-9,11-13H,10H2,1H3,(H3,27,31,32)(H2,29,30,33). The van der Waals surface area contributed by atoms with Gasteiger partial charge in [-0.25, -0.2) is 9.18 Å². The molecule has 2 bridgehead atoms. The number of aromatic nitrogens is 3. The number of nitrogens with one attached hydrogen (secondary N) is 3. The summed E-state index contributed by atoms with van der Waals surface area (Å²) in [4.78, 5) is 17.0. The molecule has 7 nitrogen and oxygen atoms in total. The summed E-state index contributed by atoms with van der Waals surface area (Å²) in [6, 6.07) is 11.9. The van der Waals surface area contributed by atoms with E-state index in [1.54, 1.807) is 24.5 Å². The molecule has 2 amide bonds. The summed E-state index contributed by atoms with van der Waals surface area (Å²) < 4.78 is 14.1. The van der Waals surface area contributed by atoms with Crippen LogP contribution in [0.2, 0.25) is 0 Å². The molecule has 1 aliphatic carbocycles. The van der Waals surface area contributed by atoms with Crippen LogP contribution >= 0.6 is 0 Å². The highest BCUT2D eigenvalue weighted by Gasteiger charge is 2.16. The minimum atomic E-state index is -0.533. The Labute approximate surface area is 189 Å². The Morgan fingerprint density at radius 3 is 2.88 bits per heavy atom. The van der Waals surface area contributed by atoms with E-state index >= 15 is 0 Å². The number of carbonyl (C=O) groups is 1. The van der Waals surface area contributed by atoms with Gasteiger partial charge in [0.1, 0.15) is 5.82 Å².